The second-order valence-corrected chi connectivity index (χ2v) is 12.1. The van der Waals surface area contributed by atoms with Gasteiger partial charge in [0.15, 0.2) is 17.5 Å². The molecular formula is C46H33N3. The van der Waals surface area contributed by atoms with E-state index in [1.165, 1.54) is 43.8 Å². The Morgan fingerprint density at radius 3 is 1.49 bits per heavy atom. The predicted octanol–water partition coefficient (Wildman–Crippen LogP) is 12.0. The molecule has 1 aromatic heterocycles. The molecule has 8 rings (SSSR count). The number of aryl methyl sites for hydroxylation is 1. The van der Waals surface area contributed by atoms with Gasteiger partial charge in [-0.3, -0.25) is 0 Å². The van der Waals surface area contributed by atoms with Crippen LogP contribution in [-0.2, 0) is 0 Å². The molecule has 8 aromatic rings. The van der Waals surface area contributed by atoms with Crippen LogP contribution in [0.5, 0.6) is 0 Å². The summed E-state index contributed by atoms with van der Waals surface area (Å²) in [5, 5.41) is 5.03. The molecule has 0 spiro atoms. The molecule has 49 heavy (non-hydrogen) atoms. The Morgan fingerprint density at radius 2 is 0.878 bits per heavy atom. The number of benzene rings is 7. The molecule has 0 aliphatic carbocycles. The van der Waals surface area contributed by atoms with Gasteiger partial charge in [-0.2, -0.15) is 0 Å². The van der Waals surface area contributed by atoms with Crippen LogP contribution in [0.4, 0.5) is 0 Å². The fourth-order valence-corrected chi connectivity index (χ4v) is 6.58. The number of hydrogen-bond donors (Lipinski definition) is 0. The van der Waals surface area contributed by atoms with E-state index in [-0.39, 0.29) is 0 Å². The van der Waals surface area contributed by atoms with Gasteiger partial charge in [-0.25, -0.2) is 15.0 Å². The fourth-order valence-electron chi connectivity index (χ4n) is 6.58. The van der Waals surface area contributed by atoms with E-state index in [4.69, 9.17) is 15.0 Å². The summed E-state index contributed by atoms with van der Waals surface area (Å²) in [6.45, 7) is 6.08. The topological polar surface area (TPSA) is 38.7 Å². The van der Waals surface area contributed by atoms with E-state index in [2.05, 4.69) is 111 Å². The zero-order valence-electron chi connectivity index (χ0n) is 27.2. The highest BCUT2D eigenvalue weighted by atomic mass is 15.0. The average molecular weight is 628 g/mol. The van der Waals surface area contributed by atoms with E-state index < -0.39 is 0 Å². The first-order chi connectivity index (χ1) is 24.2. The summed E-state index contributed by atoms with van der Waals surface area (Å²) in [5.74, 6) is 1.96. The smallest absolute Gasteiger partial charge is 0.164 e. The molecule has 1 heterocycles. The van der Waals surface area contributed by atoms with Crippen molar-refractivity contribution in [3.05, 3.63) is 182 Å². The first-order valence-corrected chi connectivity index (χ1v) is 16.5. The molecule has 3 heteroatoms. The van der Waals surface area contributed by atoms with Crippen LogP contribution < -0.4 is 0 Å². The van der Waals surface area contributed by atoms with Gasteiger partial charge in [0, 0.05) is 16.7 Å². The number of aromatic nitrogens is 3. The standard InChI is InChI=1S/C46H33N3/c1-3-4-20-39-31(2)40-28-27-38(30-43(40)42-22-12-11-21-41(39)42)37-19-13-18-36(29-37)32-23-25-35(26-24-32)46-48-44(33-14-7-5-8-15-33)47-45(49-46)34-16-9-6-10-17-34/h3-30H,1H2,2H3/b20-4-. The van der Waals surface area contributed by atoms with Crippen molar-refractivity contribution in [1.29, 1.82) is 0 Å². The lowest BCUT2D eigenvalue weighted by molar-refractivity contribution is 1.07. The van der Waals surface area contributed by atoms with Crippen molar-refractivity contribution < 1.29 is 0 Å². The third-order valence-electron chi connectivity index (χ3n) is 9.11. The van der Waals surface area contributed by atoms with E-state index >= 15 is 0 Å². The van der Waals surface area contributed by atoms with E-state index in [0.29, 0.717) is 17.5 Å². The van der Waals surface area contributed by atoms with Gasteiger partial charge in [0.05, 0.1) is 0 Å². The molecule has 0 saturated heterocycles. The number of fused-ring (bicyclic) bond motifs is 3. The van der Waals surface area contributed by atoms with Gasteiger partial charge in [0.25, 0.3) is 0 Å². The Labute approximate surface area is 286 Å². The number of hydrogen-bond acceptors (Lipinski definition) is 3. The molecule has 232 valence electrons. The molecule has 0 fully saturated rings. The SMILES string of the molecule is C=C/C=C\c1c(C)c2ccc(-c3cccc(-c4ccc(-c5nc(-c6ccccc6)nc(-c6ccccc6)n5)cc4)c3)cc2c2ccccc12. The highest BCUT2D eigenvalue weighted by Crippen LogP contribution is 2.37. The van der Waals surface area contributed by atoms with Crippen LogP contribution in [0.25, 0.3) is 84.0 Å². The van der Waals surface area contributed by atoms with Gasteiger partial charge < -0.3 is 0 Å². The lowest BCUT2D eigenvalue weighted by Crippen LogP contribution is -2.00. The molecule has 0 amide bonds. The maximum absolute atomic E-state index is 4.90. The Bertz CT molecular complexity index is 2440. The molecule has 0 atom stereocenters. The van der Waals surface area contributed by atoms with Gasteiger partial charge >= 0.3 is 0 Å². The molecule has 7 aromatic carbocycles. The summed E-state index contributed by atoms with van der Waals surface area (Å²) < 4.78 is 0. The Balaban J connectivity index is 1.16. The van der Waals surface area contributed by atoms with Gasteiger partial charge in [0.1, 0.15) is 0 Å². The summed E-state index contributed by atoms with van der Waals surface area (Å²) in [6, 6.07) is 52.9. The van der Waals surface area contributed by atoms with Crippen molar-refractivity contribution in [1.82, 2.24) is 15.0 Å². The maximum atomic E-state index is 4.90. The van der Waals surface area contributed by atoms with Crippen LogP contribution in [-0.4, -0.2) is 15.0 Å². The quantitative estimate of drug-likeness (QED) is 0.130. The van der Waals surface area contributed by atoms with Crippen molar-refractivity contribution in [3.63, 3.8) is 0 Å². The minimum atomic E-state index is 0.648. The summed E-state index contributed by atoms with van der Waals surface area (Å²) >= 11 is 0. The zero-order chi connectivity index (χ0) is 33.2. The van der Waals surface area contributed by atoms with Crippen LogP contribution in [0.2, 0.25) is 0 Å². The molecular weight excluding hydrogens is 595 g/mol. The second kappa shape index (κ2) is 13.0. The van der Waals surface area contributed by atoms with Crippen molar-refractivity contribution in [3.8, 4) is 56.4 Å². The normalized spacial score (nSPS) is 11.4. The molecule has 0 bridgehead atoms. The van der Waals surface area contributed by atoms with Gasteiger partial charge in [-0.1, -0.05) is 164 Å². The maximum Gasteiger partial charge on any atom is 0.164 e. The highest BCUT2D eigenvalue weighted by molar-refractivity contribution is 6.13. The van der Waals surface area contributed by atoms with Crippen molar-refractivity contribution in [2.75, 3.05) is 0 Å². The Morgan fingerprint density at radius 1 is 0.408 bits per heavy atom. The van der Waals surface area contributed by atoms with Crippen LogP contribution in [0.15, 0.2) is 170 Å². The lowest BCUT2D eigenvalue weighted by Gasteiger charge is -2.14. The number of allylic oxidation sites excluding steroid dienone is 2. The molecule has 0 unspecified atom stereocenters. The van der Waals surface area contributed by atoms with E-state index in [1.54, 1.807) is 0 Å². The summed E-state index contributed by atoms with van der Waals surface area (Å²) in [6.07, 6.45) is 6.01. The van der Waals surface area contributed by atoms with E-state index in [0.717, 1.165) is 27.8 Å². The predicted molar refractivity (Wildman–Crippen MR) is 206 cm³/mol. The van der Waals surface area contributed by atoms with E-state index in [9.17, 15) is 0 Å². The monoisotopic (exact) mass is 627 g/mol. The summed E-state index contributed by atoms with van der Waals surface area (Å²) in [7, 11) is 0. The first kappa shape index (κ1) is 29.9. The van der Waals surface area contributed by atoms with Gasteiger partial charge in [-0.15, -0.1) is 0 Å². The van der Waals surface area contributed by atoms with Crippen LogP contribution in [0.1, 0.15) is 11.1 Å². The summed E-state index contributed by atoms with van der Waals surface area (Å²) in [4.78, 5) is 14.6. The second-order valence-electron chi connectivity index (χ2n) is 12.1. The molecule has 0 aliphatic rings. The molecule has 0 N–H and O–H groups in total. The molecule has 3 nitrogen and oxygen atoms in total. The number of nitrogens with zero attached hydrogens (tertiary/aromatic N) is 3. The van der Waals surface area contributed by atoms with Gasteiger partial charge in [0.2, 0.25) is 0 Å². The lowest BCUT2D eigenvalue weighted by atomic mass is 9.90. The molecule has 0 saturated carbocycles. The van der Waals surface area contributed by atoms with Crippen LogP contribution in [0.3, 0.4) is 0 Å². The van der Waals surface area contributed by atoms with Crippen molar-refractivity contribution in [2.45, 2.75) is 6.92 Å². The van der Waals surface area contributed by atoms with Crippen molar-refractivity contribution >= 4 is 27.6 Å². The third-order valence-corrected chi connectivity index (χ3v) is 9.11. The highest BCUT2D eigenvalue weighted by Gasteiger charge is 2.14. The summed E-state index contributed by atoms with van der Waals surface area (Å²) in [5.41, 5.74) is 10.0. The minimum Gasteiger partial charge on any atom is -0.208 e. The van der Waals surface area contributed by atoms with Crippen LogP contribution >= 0.6 is 0 Å². The molecule has 0 radical (unpaired) electrons. The largest absolute Gasteiger partial charge is 0.208 e. The third kappa shape index (κ3) is 5.83. The Hall–Kier alpha value is -6.45. The number of rotatable bonds is 7. The molecule has 0 aliphatic heterocycles. The van der Waals surface area contributed by atoms with E-state index in [1.807, 2.05) is 72.8 Å². The fraction of sp³-hybridized carbons (Fsp3) is 0.0217. The zero-order valence-corrected chi connectivity index (χ0v) is 27.2. The van der Waals surface area contributed by atoms with Gasteiger partial charge in [-0.05, 0) is 74.0 Å². The van der Waals surface area contributed by atoms with Crippen LogP contribution in [0, 0.1) is 6.92 Å². The minimum absolute atomic E-state index is 0.648. The van der Waals surface area contributed by atoms with Crippen molar-refractivity contribution in [2.24, 2.45) is 0 Å². The average Bonchev–Trinajstić information content (AvgIpc) is 3.18. The Kier molecular flexibility index (Phi) is 7.93. The first-order valence-electron chi connectivity index (χ1n) is 16.5.